The number of rotatable bonds is 3. The van der Waals surface area contributed by atoms with E-state index in [1.807, 2.05) is 0 Å². The third-order valence-corrected chi connectivity index (χ3v) is 4.95. The first-order valence-corrected chi connectivity index (χ1v) is 7.11. The molecule has 98 valence electrons. The molecule has 2 atom stereocenters. The maximum absolute atomic E-state index is 6.01. The predicted molar refractivity (Wildman–Crippen MR) is 68.0 cm³/mol. The second kappa shape index (κ2) is 4.84. The largest absolute Gasteiger partial charge is 0.379 e. The first kappa shape index (κ1) is 11.9. The summed E-state index contributed by atoms with van der Waals surface area (Å²) in [5.74, 6) is 0. The van der Waals surface area contributed by atoms with Gasteiger partial charge in [-0.3, -0.25) is 9.80 Å². The second-order valence-electron chi connectivity index (χ2n) is 5.86. The minimum absolute atomic E-state index is 0.161. The summed E-state index contributed by atoms with van der Waals surface area (Å²) in [7, 11) is 0. The van der Waals surface area contributed by atoms with Gasteiger partial charge < -0.3 is 10.5 Å². The van der Waals surface area contributed by atoms with Crippen LogP contribution < -0.4 is 5.73 Å². The summed E-state index contributed by atoms with van der Waals surface area (Å²) in [5, 5.41) is 0. The third-order valence-electron chi connectivity index (χ3n) is 4.95. The second-order valence-corrected chi connectivity index (χ2v) is 5.86. The average Bonchev–Trinajstić information content (AvgIpc) is 3.10. The molecule has 3 heterocycles. The van der Waals surface area contributed by atoms with Crippen molar-refractivity contribution < 1.29 is 4.74 Å². The van der Waals surface area contributed by atoms with Gasteiger partial charge in [-0.1, -0.05) is 0 Å². The Labute approximate surface area is 104 Å². The fourth-order valence-electron chi connectivity index (χ4n) is 3.71. The summed E-state index contributed by atoms with van der Waals surface area (Å²) < 4.78 is 5.59. The van der Waals surface area contributed by atoms with Gasteiger partial charge >= 0.3 is 0 Å². The Hall–Kier alpha value is -0.160. The summed E-state index contributed by atoms with van der Waals surface area (Å²) in [6.45, 7) is 7.52. The van der Waals surface area contributed by atoms with Gasteiger partial charge in [0.05, 0.1) is 12.1 Å². The van der Waals surface area contributed by atoms with E-state index in [1.165, 1.54) is 45.4 Å². The van der Waals surface area contributed by atoms with Gasteiger partial charge in [0.15, 0.2) is 0 Å². The first-order valence-electron chi connectivity index (χ1n) is 7.11. The van der Waals surface area contributed by atoms with Crippen molar-refractivity contribution >= 4 is 0 Å². The molecule has 4 heteroatoms. The van der Waals surface area contributed by atoms with Gasteiger partial charge in [-0.25, -0.2) is 0 Å². The molecule has 0 bridgehead atoms. The van der Waals surface area contributed by atoms with Crippen LogP contribution in [0.5, 0.6) is 0 Å². The number of likely N-dealkylation sites (tertiary alicyclic amines) is 2. The van der Waals surface area contributed by atoms with E-state index in [2.05, 4.69) is 9.80 Å². The lowest BCUT2D eigenvalue weighted by Gasteiger charge is -2.37. The molecule has 17 heavy (non-hydrogen) atoms. The molecule has 0 aromatic heterocycles. The SMILES string of the molecule is NCC1(N2CCC(N3CCCC3)C2)CCOC1. The number of hydrogen-bond donors (Lipinski definition) is 1. The molecule has 2 unspecified atom stereocenters. The van der Waals surface area contributed by atoms with Gasteiger partial charge in [-0.2, -0.15) is 0 Å². The Morgan fingerprint density at radius 2 is 2.06 bits per heavy atom. The average molecular weight is 239 g/mol. The van der Waals surface area contributed by atoms with E-state index in [4.69, 9.17) is 10.5 Å². The lowest BCUT2D eigenvalue weighted by molar-refractivity contribution is 0.0848. The molecule has 2 N–H and O–H groups in total. The topological polar surface area (TPSA) is 41.7 Å². The molecule has 3 saturated heterocycles. The van der Waals surface area contributed by atoms with Crippen LogP contribution in [0.25, 0.3) is 0 Å². The molecule has 3 aliphatic rings. The van der Waals surface area contributed by atoms with Gasteiger partial charge in [-0.15, -0.1) is 0 Å². The molecule has 4 nitrogen and oxygen atoms in total. The van der Waals surface area contributed by atoms with Gasteiger partial charge in [0.25, 0.3) is 0 Å². The van der Waals surface area contributed by atoms with Crippen molar-refractivity contribution in [3.8, 4) is 0 Å². The van der Waals surface area contributed by atoms with E-state index in [1.54, 1.807) is 0 Å². The van der Waals surface area contributed by atoms with Crippen LogP contribution in [-0.2, 0) is 4.74 Å². The van der Waals surface area contributed by atoms with Crippen LogP contribution in [0.4, 0.5) is 0 Å². The van der Waals surface area contributed by atoms with Crippen LogP contribution in [0.3, 0.4) is 0 Å². The van der Waals surface area contributed by atoms with Crippen molar-refractivity contribution in [2.24, 2.45) is 5.73 Å². The van der Waals surface area contributed by atoms with Crippen molar-refractivity contribution in [2.75, 3.05) is 45.9 Å². The van der Waals surface area contributed by atoms with E-state index < -0.39 is 0 Å². The molecule has 3 fully saturated rings. The van der Waals surface area contributed by atoms with Crippen LogP contribution in [-0.4, -0.2) is 67.3 Å². The lowest BCUT2D eigenvalue weighted by atomic mass is 9.97. The van der Waals surface area contributed by atoms with E-state index in [-0.39, 0.29) is 5.54 Å². The Balaban J connectivity index is 1.62. The summed E-state index contributed by atoms with van der Waals surface area (Å²) >= 11 is 0. The molecular formula is C13H25N3O. The zero-order valence-corrected chi connectivity index (χ0v) is 10.7. The molecule has 3 rings (SSSR count). The molecule has 0 radical (unpaired) electrons. The number of nitrogens with zero attached hydrogens (tertiary/aromatic N) is 2. The van der Waals surface area contributed by atoms with Crippen LogP contribution in [0, 0.1) is 0 Å². The fourth-order valence-corrected chi connectivity index (χ4v) is 3.71. The number of ether oxygens (including phenoxy) is 1. The zero-order chi connectivity index (χ0) is 11.7. The minimum Gasteiger partial charge on any atom is -0.379 e. The van der Waals surface area contributed by atoms with Gasteiger partial charge in [0, 0.05) is 32.3 Å². The van der Waals surface area contributed by atoms with Gasteiger partial charge in [0.2, 0.25) is 0 Å². The summed E-state index contributed by atoms with van der Waals surface area (Å²) in [5.41, 5.74) is 6.17. The molecule has 3 aliphatic heterocycles. The molecule has 0 aromatic carbocycles. The Morgan fingerprint density at radius 1 is 1.24 bits per heavy atom. The molecule has 0 aliphatic carbocycles. The quantitative estimate of drug-likeness (QED) is 0.768. The normalized spacial score (nSPS) is 40.4. The summed E-state index contributed by atoms with van der Waals surface area (Å²) in [6, 6.07) is 0.779. The summed E-state index contributed by atoms with van der Waals surface area (Å²) in [6.07, 6.45) is 5.22. The van der Waals surface area contributed by atoms with Crippen molar-refractivity contribution in [1.29, 1.82) is 0 Å². The maximum Gasteiger partial charge on any atom is 0.0663 e. The molecule has 0 aromatic rings. The van der Waals surface area contributed by atoms with E-state index in [9.17, 15) is 0 Å². The van der Waals surface area contributed by atoms with E-state index >= 15 is 0 Å². The number of nitrogens with two attached hydrogens (primary N) is 1. The van der Waals surface area contributed by atoms with Crippen LogP contribution in [0.15, 0.2) is 0 Å². The lowest BCUT2D eigenvalue weighted by Crippen LogP contribution is -2.54. The van der Waals surface area contributed by atoms with Crippen LogP contribution in [0.2, 0.25) is 0 Å². The van der Waals surface area contributed by atoms with E-state index in [0.717, 1.165) is 32.2 Å². The van der Waals surface area contributed by atoms with Crippen molar-refractivity contribution in [1.82, 2.24) is 9.80 Å². The maximum atomic E-state index is 6.01. The highest BCUT2D eigenvalue weighted by Crippen LogP contribution is 2.31. The standard InChI is InChI=1S/C13H25N3O/c14-10-13(4-8-17-11-13)16-7-3-12(9-16)15-5-1-2-6-15/h12H,1-11,14H2. The molecular weight excluding hydrogens is 214 g/mol. The zero-order valence-electron chi connectivity index (χ0n) is 10.7. The third kappa shape index (κ3) is 2.12. The van der Waals surface area contributed by atoms with Gasteiger partial charge in [0.1, 0.15) is 0 Å². The van der Waals surface area contributed by atoms with E-state index in [0.29, 0.717) is 0 Å². The van der Waals surface area contributed by atoms with Crippen molar-refractivity contribution in [3.05, 3.63) is 0 Å². The van der Waals surface area contributed by atoms with Crippen molar-refractivity contribution in [3.63, 3.8) is 0 Å². The van der Waals surface area contributed by atoms with Crippen molar-refractivity contribution in [2.45, 2.75) is 37.3 Å². The Kier molecular flexibility index (Phi) is 3.39. The molecule has 0 amide bonds. The first-order chi connectivity index (χ1) is 8.34. The minimum atomic E-state index is 0.161. The monoisotopic (exact) mass is 239 g/mol. The van der Waals surface area contributed by atoms with Crippen LogP contribution >= 0.6 is 0 Å². The van der Waals surface area contributed by atoms with Crippen LogP contribution in [0.1, 0.15) is 25.7 Å². The Morgan fingerprint density at radius 3 is 2.71 bits per heavy atom. The molecule has 0 spiro atoms. The van der Waals surface area contributed by atoms with Gasteiger partial charge in [-0.05, 0) is 38.8 Å². The smallest absolute Gasteiger partial charge is 0.0663 e. The predicted octanol–water partition coefficient (Wildman–Crippen LogP) is 0.274. The highest BCUT2D eigenvalue weighted by molar-refractivity contribution is 5.00. The highest BCUT2D eigenvalue weighted by atomic mass is 16.5. The Bertz CT molecular complexity index is 259. The molecule has 0 saturated carbocycles. The fraction of sp³-hybridized carbons (Fsp3) is 1.00. The number of hydrogen-bond acceptors (Lipinski definition) is 4. The highest BCUT2D eigenvalue weighted by Gasteiger charge is 2.43. The summed E-state index contributed by atoms with van der Waals surface area (Å²) in [4.78, 5) is 5.29.